The maximum absolute atomic E-state index is 12.4. The molecule has 2 fully saturated rings. The number of hydrogen-bond acceptors (Lipinski definition) is 5. The number of nitrogens with one attached hydrogen (secondary N) is 2. The number of carbonyl (C=O) groups excluding carboxylic acids is 1. The van der Waals surface area contributed by atoms with Crippen LogP contribution >= 0.6 is 0 Å². The fourth-order valence-electron chi connectivity index (χ4n) is 4.17. The summed E-state index contributed by atoms with van der Waals surface area (Å²) in [6.45, 7) is 4.75. The van der Waals surface area contributed by atoms with Crippen LogP contribution in [0.25, 0.3) is 0 Å². The van der Waals surface area contributed by atoms with E-state index in [1.165, 1.54) is 28.6 Å². The molecule has 0 unspecified atom stereocenters. The van der Waals surface area contributed by atoms with Crippen molar-refractivity contribution in [1.29, 1.82) is 0 Å². The van der Waals surface area contributed by atoms with Crippen LogP contribution < -0.4 is 15.4 Å². The molecular weight excluding hydrogens is 463 g/mol. The highest BCUT2D eigenvalue weighted by atomic mass is 32.2. The van der Waals surface area contributed by atoms with Crippen LogP contribution in [0.2, 0.25) is 0 Å². The predicted molar refractivity (Wildman–Crippen MR) is 115 cm³/mol. The number of hydrogen-bond donors (Lipinski definition) is 2. The molecule has 2 amide bonds. The Labute approximate surface area is 191 Å². The molecule has 33 heavy (non-hydrogen) atoms. The van der Waals surface area contributed by atoms with E-state index in [1.54, 1.807) is 13.8 Å². The molecular formula is C21H30F3N3O5S. The molecule has 2 saturated heterocycles. The Bertz CT molecular complexity index is 914. The fraction of sp³-hybridized carbons (Fsp3) is 0.667. The van der Waals surface area contributed by atoms with E-state index in [2.05, 4.69) is 15.4 Å². The number of urea groups is 1. The number of alkyl halides is 3. The molecule has 1 atom stereocenters. The largest absolute Gasteiger partial charge is 0.573 e. The highest BCUT2D eigenvalue weighted by molar-refractivity contribution is 7.89. The Balaban J connectivity index is 1.46. The minimum atomic E-state index is -4.75. The van der Waals surface area contributed by atoms with Crippen LogP contribution in [-0.4, -0.2) is 61.7 Å². The van der Waals surface area contributed by atoms with Crippen molar-refractivity contribution in [2.45, 2.75) is 69.3 Å². The smallest absolute Gasteiger partial charge is 0.406 e. The molecule has 0 aliphatic carbocycles. The van der Waals surface area contributed by atoms with Gasteiger partial charge >= 0.3 is 12.4 Å². The van der Waals surface area contributed by atoms with Crippen LogP contribution in [0.15, 0.2) is 24.3 Å². The summed E-state index contributed by atoms with van der Waals surface area (Å²) in [6.07, 6.45) is -2.36. The second-order valence-electron chi connectivity index (χ2n) is 8.73. The Morgan fingerprint density at radius 3 is 2.45 bits per heavy atom. The fourth-order valence-corrected chi connectivity index (χ4v) is 5.46. The molecule has 12 heteroatoms. The van der Waals surface area contributed by atoms with Crippen molar-refractivity contribution in [2.75, 3.05) is 19.7 Å². The van der Waals surface area contributed by atoms with Crippen molar-refractivity contribution in [3.63, 3.8) is 0 Å². The summed E-state index contributed by atoms with van der Waals surface area (Å²) in [5.74, 6) is -0.324. The molecule has 0 aromatic heterocycles. The molecule has 0 bridgehead atoms. The Kier molecular flexibility index (Phi) is 7.80. The van der Waals surface area contributed by atoms with Crippen LogP contribution in [0.3, 0.4) is 0 Å². The van der Waals surface area contributed by atoms with Crippen molar-refractivity contribution in [3.05, 3.63) is 29.8 Å². The first kappa shape index (κ1) is 25.6. The van der Waals surface area contributed by atoms with Crippen LogP contribution in [0.5, 0.6) is 5.75 Å². The van der Waals surface area contributed by atoms with Crippen molar-refractivity contribution >= 4 is 16.1 Å². The van der Waals surface area contributed by atoms with Gasteiger partial charge in [0.25, 0.3) is 0 Å². The first-order valence-corrected chi connectivity index (χ1v) is 12.4. The number of halogens is 3. The lowest BCUT2D eigenvalue weighted by molar-refractivity contribution is -0.274. The van der Waals surface area contributed by atoms with Gasteiger partial charge in [-0.15, -0.1) is 13.2 Å². The topological polar surface area (TPSA) is 97.0 Å². The van der Waals surface area contributed by atoms with Crippen LogP contribution in [-0.2, 0) is 21.3 Å². The van der Waals surface area contributed by atoms with Gasteiger partial charge in [-0.1, -0.05) is 12.1 Å². The second-order valence-corrected chi connectivity index (χ2v) is 11.2. The summed E-state index contributed by atoms with van der Waals surface area (Å²) in [6, 6.07) is 4.78. The van der Waals surface area contributed by atoms with Crippen molar-refractivity contribution in [1.82, 2.24) is 14.9 Å². The Morgan fingerprint density at radius 1 is 1.24 bits per heavy atom. The van der Waals surface area contributed by atoms with Gasteiger partial charge in [-0.3, -0.25) is 0 Å². The lowest BCUT2D eigenvalue weighted by atomic mass is 9.83. The third kappa shape index (κ3) is 6.97. The van der Waals surface area contributed by atoms with E-state index in [9.17, 15) is 26.4 Å². The molecule has 1 spiro atoms. The van der Waals surface area contributed by atoms with Gasteiger partial charge in [0.2, 0.25) is 10.0 Å². The SMILES string of the molecule is CC(C)S(=O)(=O)N1CCC2(CC1)C[C@@H](NC(=O)NCc1ccc(OC(F)(F)F)cc1)CCO2. The van der Waals surface area contributed by atoms with Crippen molar-refractivity contribution < 1.29 is 35.9 Å². The third-order valence-corrected chi connectivity index (χ3v) is 8.30. The number of piperidine rings is 1. The first-order chi connectivity index (χ1) is 15.4. The molecule has 2 heterocycles. The highest BCUT2D eigenvalue weighted by Crippen LogP contribution is 2.36. The molecule has 2 aliphatic heterocycles. The average molecular weight is 494 g/mol. The highest BCUT2D eigenvalue weighted by Gasteiger charge is 2.43. The van der Waals surface area contributed by atoms with E-state index in [0.717, 1.165) is 0 Å². The van der Waals surface area contributed by atoms with E-state index < -0.39 is 27.2 Å². The molecule has 1 aromatic carbocycles. The zero-order valence-corrected chi connectivity index (χ0v) is 19.5. The van der Waals surface area contributed by atoms with Crippen molar-refractivity contribution in [2.24, 2.45) is 0 Å². The summed E-state index contributed by atoms with van der Waals surface area (Å²) in [4.78, 5) is 12.3. The summed E-state index contributed by atoms with van der Waals surface area (Å²) in [5.41, 5.74) is 0.176. The van der Waals surface area contributed by atoms with E-state index >= 15 is 0 Å². The van der Waals surface area contributed by atoms with Gasteiger partial charge in [-0.25, -0.2) is 17.5 Å². The van der Waals surface area contributed by atoms with Gasteiger partial charge in [0.05, 0.1) is 10.9 Å². The monoisotopic (exact) mass is 493 g/mol. The van der Waals surface area contributed by atoms with Crippen LogP contribution in [0.1, 0.15) is 45.1 Å². The van der Waals surface area contributed by atoms with Gasteiger partial charge in [0.1, 0.15) is 5.75 Å². The quantitative estimate of drug-likeness (QED) is 0.635. The zero-order valence-electron chi connectivity index (χ0n) is 18.7. The van der Waals surface area contributed by atoms with Gasteiger partial charge in [0, 0.05) is 32.3 Å². The van der Waals surface area contributed by atoms with Gasteiger partial charge in [-0.05, 0) is 57.2 Å². The van der Waals surface area contributed by atoms with Gasteiger partial charge < -0.3 is 20.1 Å². The first-order valence-electron chi connectivity index (χ1n) is 10.9. The normalized spacial score (nSPS) is 21.7. The van der Waals surface area contributed by atoms with E-state index in [0.29, 0.717) is 50.9 Å². The predicted octanol–water partition coefficient (Wildman–Crippen LogP) is 3.14. The van der Waals surface area contributed by atoms with E-state index in [-0.39, 0.29) is 24.4 Å². The number of benzene rings is 1. The van der Waals surface area contributed by atoms with Crippen molar-refractivity contribution in [3.8, 4) is 5.75 Å². The second kappa shape index (κ2) is 10.1. The van der Waals surface area contributed by atoms with E-state index in [4.69, 9.17) is 4.74 Å². The number of amides is 2. The molecule has 186 valence electrons. The molecule has 2 N–H and O–H groups in total. The molecule has 8 nitrogen and oxygen atoms in total. The molecule has 3 rings (SSSR count). The van der Waals surface area contributed by atoms with Crippen LogP contribution in [0.4, 0.5) is 18.0 Å². The summed E-state index contributed by atoms with van der Waals surface area (Å²) < 4.78 is 72.9. The number of ether oxygens (including phenoxy) is 2. The molecule has 1 aromatic rings. The average Bonchev–Trinajstić information content (AvgIpc) is 2.72. The Hall–Kier alpha value is -2.05. The number of sulfonamides is 1. The van der Waals surface area contributed by atoms with Gasteiger partial charge in [0.15, 0.2) is 0 Å². The van der Waals surface area contributed by atoms with Gasteiger partial charge in [-0.2, -0.15) is 0 Å². The molecule has 0 saturated carbocycles. The summed E-state index contributed by atoms with van der Waals surface area (Å²) in [5, 5.41) is 5.16. The number of nitrogens with zero attached hydrogens (tertiary/aromatic N) is 1. The number of carbonyl (C=O) groups is 1. The maximum Gasteiger partial charge on any atom is 0.573 e. The zero-order chi connectivity index (χ0) is 24.3. The number of rotatable bonds is 6. The lowest BCUT2D eigenvalue weighted by Gasteiger charge is -2.46. The molecule has 0 radical (unpaired) electrons. The summed E-state index contributed by atoms with van der Waals surface area (Å²) in [7, 11) is -3.30. The maximum atomic E-state index is 12.4. The van der Waals surface area contributed by atoms with Crippen LogP contribution in [0, 0.1) is 0 Å². The minimum absolute atomic E-state index is 0.116. The summed E-state index contributed by atoms with van der Waals surface area (Å²) >= 11 is 0. The minimum Gasteiger partial charge on any atom is -0.406 e. The standard InChI is InChI=1S/C21H30F3N3O5S/c1-15(2)33(29,30)27-10-8-20(9-11-27)13-17(7-12-31-20)26-19(28)25-14-16-3-5-18(6-4-16)32-21(22,23)24/h3-6,15,17H,7-14H2,1-2H3,(H2,25,26,28)/t17-/m0/s1. The van der Waals surface area contributed by atoms with E-state index in [1.807, 2.05) is 0 Å². The lowest BCUT2D eigenvalue weighted by Crippen LogP contribution is -2.55. The molecule has 2 aliphatic rings. The Morgan fingerprint density at radius 2 is 1.88 bits per heavy atom. The third-order valence-electron chi connectivity index (χ3n) is 6.03.